The fourth-order valence-electron chi connectivity index (χ4n) is 3.00. The summed E-state index contributed by atoms with van der Waals surface area (Å²) in [4.78, 5) is 46.9. The van der Waals surface area contributed by atoms with Crippen molar-refractivity contribution < 1.29 is 33.8 Å². The van der Waals surface area contributed by atoms with Gasteiger partial charge in [0.1, 0.15) is 5.60 Å². The van der Waals surface area contributed by atoms with E-state index in [1.165, 1.54) is 14.0 Å². The second-order valence-electron chi connectivity index (χ2n) is 7.08. The van der Waals surface area contributed by atoms with Crippen LogP contribution in [0.2, 0.25) is 0 Å². The third-order valence-electron chi connectivity index (χ3n) is 4.01. The number of amides is 2. The lowest BCUT2D eigenvalue weighted by Gasteiger charge is -2.28. The maximum absolute atomic E-state index is 12.1. The van der Waals surface area contributed by atoms with Crippen LogP contribution in [-0.2, 0) is 23.9 Å². The van der Waals surface area contributed by atoms with Crippen molar-refractivity contribution >= 4 is 23.9 Å². The zero-order chi connectivity index (χ0) is 19.4. The van der Waals surface area contributed by atoms with Crippen LogP contribution in [0.25, 0.3) is 0 Å². The lowest BCUT2D eigenvalue weighted by molar-refractivity contribution is -0.146. The van der Waals surface area contributed by atoms with E-state index in [1.807, 2.05) is 0 Å². The molecule has 1 rings (SSSR count). The number of nitrogens with one attached hydrogen (secondary N) is 2. The predicted molar refractivity (Wildman–Crippen MR) is 86.6 cm³/mol. The molecule has 9 heteroatoms. The van der Waals surface area contributed by atoms with Crippen molar-refractivity contribution in [1.29, 1.82) is 0 Å². The van der Waals surface area contributed by atoms with Gasteiger partial charge >= 0.3 is 18.0 Å². The van der Waals surface area contributed by atoms with E-state index >= 15 is 0 Å². The second-order valence-corrected chi connectivity index (χ2v) is 7.08. The molecule has 0 aromatic rings. The van der Waals surface area contributed by atoms with Crippen LogP contribution in [0.3, 0.4) is 0 Å². The number of rotatable bonds is 5. The molecule has 0 bridgehead atoms. The molecule has 3 N–H and O–H groups in total. The fourth-order valence-corrected chi connectivity index (χ4v) is 3.00. The minimum Gasteiger partial charge on any atom is -0.481 e. The lowest BCUT2D eigenvalue weighted by atomic mass is 9.92. The Bertz CT molecular complexity index is 541. The van der Waals surface area contributed by atoms with Gasteiger partial charge in [-0.3, -0.25) is 14.4 Å². The molecule has 9 nitrogen and oxygen atoms in total. The van der Waals surface area contributed by atoms with Gasteiger partial charge in [-0.2, -0.15) is 0 Å². The molecule has 0 unspecified atom stereocenters. The zero-order valence-electron chi connectivity index (χ0n) is 15.1. The Hall–Kier alpha value is -2.32. The molecule has 1 fully saturated rings. The zero-order valence-corrected chi connectivity index (χ0v) is 15.1. The number of methoxy groups -OCH3 is 1. The number of carbonyl (C=O) groups is 4. The summed E-state index contributed by atoms with van der Waals surface area (Å²) in [5.74, 6) is -4.46. The van der Waals surface area contributed by atoms with Gasteiger partial charge in [-0.15, -0.1) is 0 Å². The van der Waals surface area contributed by atoms with Crippen molar-refractivity contribution in [3.63, 3.8) is 0 Å². The largest absolute Gasteiger partial charge is 0.481 e. The van der Waals surface area contributed by atoms with Gasteiger partial charge in [0, 0.05) is 19.4 Å². The smallest absolute Gasteiger partial charge is 0.407 e. The Morgan fingerprint density at radius 3 is 2.20 bits per heavy atom. The fraction of sp³-hybridized carbons (Fsp3) is 0.750. The monoisotopic (exact) mass is 358 g/mol. The molecule has 4 atom stereocenters. The maximum Gasteiger partial charge on any atom is 0.407 e. The number of esters is 1. The number of alkyl carbamates (subject to hydrolysis) is 1. The summed E-state index contributed by atoms with van der Waals surface area (Å²) in [6.45, 7) is 6.38. The first kappa shape index (κ1) is 20.7. The molecule has 0 heterocycles. The van der Waals surface area contributed by atoms with Gasteiger partial charge in [0.2, 0.25) is 5.91 Å². The Kier molecular flexibility index (Phi) is 6.78. The summed E-state index contributed by atoms with van der Waals surface area (Å²) >= 11 is 0. The highest BCUT2D eigenvalue weighted by Crippen LogP contribution is 2.37. The van der Waals surface area contributed by atoms with Crippen molar-refractivity contribution in [1.82, 2.24) is 10.6 Å². The number of carbonyl (C=O) groups excluding carboxylic acids is 3. The summed E-state index contributed by atoms with van der Waals surface area (Å²) in [7, 11) is 1.20. The predicted octanol–water partition coefficient (Wildman–Crippen LogP) is 0.526. The van der Waals surface area contributed by atoms with E-state index in [0.29, 0.717) is 0 Å². The minimum atomic E-state index is -1.10. The first-order chi connectivity index (χ1) is 11.5. The second kappa shape index (κ2) is 8.17. The Morgan fingerprint density at radius 1 is 1.16 bits per heavy atom. The number of aliphatic carboxylic acids is 1. The first-order valence-electron chi connectivity index (χ1n) is 8.01. The van der Waals surface area contributed by atoms with Gasteiger partial charge in [-0.25, -0.2) is 4.79 Å². The van der Waals surface area contributed by atoms with E-state index in [1.54, 1.807) is 20.8 Å². The normalized spacial score (nSPS) is 25.8. The van der Waals surface area contributed by atoms with Gasteiger partial charge in [-0.1, -0.05) is 0 Å². The highest BCUT2D eigenvalue weighted by Gasteiger charge is 2.50. The molecule has 0 radical (unpaired) electrons. The summed E-state index contributed by atoms with van der Waals surface area (Å²) in [6, 6.07) is -0.824. The van der Waals surface area contributed by atoms with Crippen LogP contribution in [0.4, 0.5) is 4.79 Å². The van der Waals surface area contributed by atoms with Crippen molar-refractivity contribution in [3.8, 4) is 0 Å². The molecule has 1 saturated carbocycles. The number of ether oxygens (including phenoxy) is 2. The highest BCUT2D eigenvalue weighted by molar-refractivity contribution is 5.80. The van der Waals surface area contributed by atoms with Crippen molar-refractivity contribution in [2.75, 3.05) is 13.7 Å². The van der Waals surface area contributed by atoms with E-state index in [9.17, 15) is 24.3 Å². The average molecular weight is 358 g/mol. The SMILES string of the molecule is COC(=O)[C@H]1C[C@@H](C(=O)O)[C@H](CNC(C)=O)[C@@H]1NC(=O)OC(C)(C)C. The summed E-state index contributed by atoms with van der Waals surface area (Å²) in [5.41, 5.74) is -0.747. The van der Waals surface area contributed by atoms with Crippen LogP contribution in [-0.4, -0.2) is 54.3 Å². The van der Waals surface area contributed by atoms with E-state index in [-0.39, 0.29) is 18.9 Å². The maximum atomic E-state index is 12.1. The summed E-state index contributed by atoms with van der Waals surface area (Å²) in [6.07, 6.45) is -0.752. The molecule has 0 aromatic heterocycles. The molecule has 2 amide bonds. The van der Waals surface area contributed by atoms with Gasteiger partial charge in [0.05, 0.1) is 25.0 Å². The van der Waals surface area contributed by atoms with Crippen LogP contribution in [0.1, 0.15) is 34.1 Å². The van der Waals surface area contributed by atoms with E-state index in [4.69, 9.17) is 9.47 Å². The van der Waals surface area contributed by atoms with E-state index < -0.39 is 47.4 Å². The minimum absolute atomic E-state index is 0.00667. The molecule has 0 aromatic carbocycles. The van der Waals surface area contributed by atoms with E-state index in [0.717, 1.165) is 0 Å². The molecule has 0 spiro atoms. The first-order valence-corrected chi connectivity index (χ1v) is 8.01. The van der Waals surface area contributed by atoms with Crippen LogP contribution in [0.15, 0.2) is 0 Å². The van der Waals surface area contributed by atoms with Gasteiger partial charge in [-0.05, 0) is 27.2 Å². The molecule has 0 saturated heterocycles. The Balaban J connectivity index is 3.05. The molecule has 0 aliphatic heterocycles. The van der Waals surface area contributed by atoms with Gasteiger partial charge in [0.15, 0.2) is 0 Å². The van der Waals surface area contributed by atoms with Gasteiger partial charge < -0.3 is 25.2 Å². The third-order valence-corrected chi connectivity index (χ3v) is 4.01. The summed E-state index contributed by atoms with van der Waals surface area (Å²) in [5, 5.41) is 14.6. The lowest BCUT2D eigenvalue weighted by Crippen LogP contribution is -2.49. The molecular formula is C16H26N2O7. The van der Waals surface area contributed by atoms with E-state index in [2.05, 4.69) is 10.6 Å². The van der Waals surface area contributed by atoms with Crippen LogP contribution in [0, 0.1) is 17.8 Å². The molecular weight excluding hydrogens is 332 g/mol. The molecule has 25 heavy (non-hydrogen) atoms. The van der Waals surface area contributed by atoms with Crippen molar-refractivity contribution in [3.05, 3.63) is 0 Å². The number of carboxylic acid groups (broad SMARTS) is 1. The standard InChI is InChI=1S/C16H26N2O7/c1-8(19)17-7-11-9(13(20)21)6-10(14(22)24-5)12(11)18-15(23)25-16(2,3)4/h9-12H,6-7H2,1-5H3,(H,17,19)(H,18,23)(H,20,21)/t9-,10+,11+,12-/m1/s1. The number of hydrogen-bond donors (Lipinski definition) is 3. The Labute approximate surface area is 146 Å². The third kappa shape index (κ3) is 5.91. The van der Waals surface area contributed by atoms with Crippen LogP contribution < -0.4 is 10.6 Å². The van der Waals surface area contributed by atoms with Crippen LogP contribution >= 0.6 is 0 Å². The summed E-state index contributed by atoms with van der Waals surface area (Å²) < 4.78 is 9.93. The van der Waals surface area contributed by atoms with Crippen molar-refractivity contribution in [2.45, 2.75) is 45.8 Å². The topological polar surface area (TPSA) is 131 Å². The molecule has 142 valence electrons. The average Bonchev–Trinajstić information content (AvgIpc) is 2.80. The van der Waals surface area contributed by atoms with Crippen LogP contribution in [0.5, 0.6) is 0 Å². The number of hydrogen-bond acceptors (Lipinski definition) is 6. The Morgan fingerprint density at radius 2 is 1.76 bits per heavy atom. The molecule has 1 aliphatic carbocycles. The number of carboxylic acids is 1. The van der Waals surface area contributed by atoms with Crippen molar-refractivity contribution in [2.24, 2.45) is 17.8 Å². The van der Waals surface area contributed by atoms with Gasteiger partial charge in [0.25, 0.3) is 0 Å². The quantitative estimate of drug-likeness (QED) is 0.611. The molecule has 1 aliphatic rings. The highest BCUT2D eigenvalue weighted by atomic mass is 16.6.